The number of hydrogen-bond donors (Lipinski definition) is 2. The summed E-state index contributed by atoms with van der Waals surface area (Å²) in [5, 5.41) is 22.5. The molecule has 2 atom stereocenters. The number of nitrogens with zero attached hydrogens (tertiary/aromatic N) is 5. The zero-order valence-electron chi connectivity index (χ0n) is 23.3. The Morgan fingerprint density at radius 2 is 1.80 bits per heavy atom. The Labute approximate surface area is 252 Å². The molecule has 0 spiro atoms. The van der Waals surface area contributed by atoms with E-state index in [1.165, 1.54) is 0 Å². The second-order valence-corrected chi connectivity index (χ2v) is 11.1. The molecule has 0 radical (unpaired) electrons. The molecule has 0 unspecified atom stereocenters. The van der Waals surface area contributed by atoms with Crippen LogP contribution >= 0.6 is 37.2 Å². The summed E-state index contributed by atoms with van der Waals surface area (Å²) >= 11 is 0. The molecule has 2 N–H and O–H groups in total. The lowest BCUT2D eigenvalue weighted by Crippen LogP contribution is -2.66. The third-order valence-corrected chi connectivity index (χ3v) is 6.87. The van der Waals surface area contributed by atoms with E-state index in [-0.39, 0.29) is 54.4 Å². The van der Waals surface area contributed by atoms with Gasteiger partial charge in [0.15, 0.2) is 6.17 Å². The number of aromatic hydroxyl groups is 1. The fraction of sp³-hybridized carbons (Fsp3) is 0.429. The SMILES string of the molecule is CCc1cc(-c2cnc(-c3ccc(O[C@H]4CC(C)(C)NC(C)(C)[C@H]4F)nn3)c(O)c2)cn2cc(C)nc12.Cl.Cl.Cl. The number of imidazole rings is 1. The lowest BCUT2D eigenvalue weighted by atomic mass is 9.79. The first kappa shape index (κ1) is 33.5. The minimum atomic E-state index is -1.21. The summed E-state index contributed by atoms with van der Waals surface area (Å²) in [7, 11) is 0. The van der Waals surface area contributed by atoms with Gasteiger partial charge in [-0.2, -0.15) is 0 Å². The van der Waals surface area contributed by atoms with Crippen LogP contribution in [-0.4, -0.2) is 53.0 Å². The first-order valence-electron chi connectivity index (χ1n) is 12.6. The Morgan fingerprint density at radius 1 is 1.07 bits per heavy atom. The molecule has 0 aromatic carbocycles. The van der Waals surface area contributed by atoms with Crippen molar-refractivity contribution < 1.29 is 14.2 Å². The number of pyridine rings is 2. The van der Waals surface area contributed by atoms with Gasteiger partial charge >= 0.3 is 0 Å². The van der Waals surface area contributed by atoms with E-state index in [0.29, 0.717) is 17.8 Å². The number of fused-ring (bicyclic) bond motifs is 1. The van der Waals surface area contributed by atoms with Crippen molar-refractivity contribution in [3.05, 3.63) is 54.1 Å². The highest BCUT2D eigenvalue weighted by atomic mass is 35.5. The maximum atomic E-state index is 15.1. The lowest BCUT2D eigenvalue weighted by Gasteiger charge is -2.48. The van der Waals surface area contributed by atoms with E-state index in [4.69, 9.17) is 4.74 Å². The molecule has 1 aliphatic heterocycles. The first-order chi connectivity index (χ1) is 17.5. The molecule has 1 fully saturated rings. The van der Waals surface area contributed by atoms with Crippen molar-refractivity contribution in [2.75, 3.05) is 0 Å². The van der Waals surface area contributed by atoms with Crippen LogP contribution in [0.4, 0.5) is 4.39 Å². The van der Waals surface area contributed by atoms with E-state index in [0.717, 1.165) is 34.5 Å². The van der Waals surface area contributed by atoms with Gasteiger partial charge in [-0.1, -0.05) is 6.92 Å². The molecule has 4 aromatic heterocycles. The third kappa shape index (κ3) is 6.60. The van der Waals surface area contributed by atoms with E-state index in [2.05, 4.69) is 38.5 Å². The number of aryl methyl sites for hydroxylation is 2. The van der Waals surface area contributed by atoms with Crippen molar-refractivity contribution in [3.63, 3.8) is 0 Å². The molecule has 0 aliphatic carbocycles. The monoisotopic (exact) mass is 612 g/mol. The summed E-state index contributed by atoms with van der Waals surface area (Å²) in [4.78, 5) is 9.08. The summed E-state index contributed by atoms with van der Waals surface area (Å²) in [6.45, 7) is 11.8. The van der Waals surface area contributed by atoms with Crippen LogP contribution in [-0.2, 0) is 6.42 Å². The molecule has 218 valence electrons. The normalized spacial score (nSPS) is 19.2. The molecule has 5 heterocycles. The number of hydrogen-bond acceptors (Lipinski definition) is 7. The molecular formula is C28H36Cl3FN6O2. The van der Waals surface area contributed by atoms with E-state index >= 15 is 4.39 Å². The Kier molecular flexibility index (Phi) is 10.4. The minimum Gasteiger partial charge on any atom is -0.506 e. The topological polar surface area (TPSA) is 97.5 Å². The van der Waals surface area contributed by atoms with Gasteiger partial charge in [-0.15, -0.1) is 47.4 Å². The van der Waals surface area contributed by atoms with Crippen molar-refractivity contribution in [3.8, 4) is 34.1 Å². The number of aromatic nitrogens is 5. The average Bonchev–Trinajstić information content (AvgIpc) is 3.21. The fourth-order valence-corrected chi connectivity index (χ4v) is 5.35. The molecule has 1 saturated heterocycles. The van der Waals surface area contributed by atoms with Crippen LogP contribution in [0, 0.1) is 6.92 Å². The largest absolute Gasteiger partial charge is 0.506 e. The maximum Gasteiger partial charge on any atom is 0.233 e. The number of alkyl halides is 1. The molecule has 0 saturated carbocycles. The molecule has 8 nitrogen and oxygen atoms in total. The number of halogens is 4. The van der Waals surface area contributed by atoms with Crippen LogP contribution in [0.1, 0.15) is 52.3 Å². The summed E-state index contributed by atoms with van der Waals surface area (Å²) in [6.07, 6.45) is 5.15. The highest BCUT2D eigenvalue weighted by Gasteiger charge is 2.47. The first-order valence-corrected chi connectivity index (χ1v) is 12.6. The second-order valence-electron chi connectivity index (χ2n) is 11.1. The molecule has 5 rings (SSSR count). The highest BCUT2D eigenvalue weighted by molar-refractivity contribution is 5.86. The summed E-state index contributed by atoms with van der Waals surface area (Å²) in [6, 6.07) is 7.05. The number of piperidine rings is 1. The van der Waals surface area contributed by atoms with Gasteiger partial charge in [0.2, 0.25) is 5.88 Å². The van der Waals surface area contributed by atoms with Gasteiger partial charge in [0.1, 0.15) is 28.9 Å². The minimum absolute atomic E-state index is 0. The van der Waals surface area contributed by atoms with Crippen LogP contribution in [0.25, 0.3) is 28.2 Å². The van der Waals surface area contributed by atoms with Gasteiger partial charge in [0, 0.05) is 53.3 Å². The molecule has 4 aromatic rings. The van der Waals surface area contributed by atoms with Crippen molar-refractivity contribution >= 4 is 42.9 Å². The van der Waals surface area contributed by atoms with Crippen LogP contribution in [0.2, 0.25) is 0 Å². The molecular weight excluding hydrogens is 578 g/mol. The van der Waals surface area contributed by atoms with Crippen molar-refractivity contribution in [2.45, 2.75) is 77.7 Å². The predicted octanol–water partition coefficient (Wildman–Crippen LogP) is 6.33. The van der Waals surface area contributed by atoms with E-state index < -0.39 is 17.8 Å². The smallest absolute Gasteiger partial charge is 0.233 e. The Bertz CT molecular complexity index is 1460. The van der Waals surface area contributed by atoms with Gasteiger partial charge in [0.25, 0.3) is 0 Å². The van der Waals surface area contributed by atoms with Gasteiger partial charge in [-0.25, -0.2) is 14.4 Å². The summed E-state index contributed by atoms with van der Waals surface area (Å²) in [5.74, 6) is 0.225. The Balaban J connectivity index is 0.00000187. The van der Waals surface area contributed by atoms with Crippen molar-refractivity contribution in [1.82, 2.24) is 29.9 Å². The van der Waals surface area contributed by atoms with Crippen molar-refractivity contribution in [2.24, 2.45) is 0 Å². The lowest BCUT2D eigenvalue weighted by molar-refractivity contribution is -0.0281. The van der Waals surface area contributed by atoms with E-state index in [9.17, 15) is 5.11 Å². The van der Waals surface area contributed by atoms with E-state index in [1.807, 2.05) is 51.4 Å². The Morgan fingerprint density at radius 3 is 2.42 bits per heavy atom. The van der Waals surface area contributed by atoms with Gasteiger partial charge < -0.3 is 19.6 Å². The number of nitrogens with one attached hydrogen (secondary N) is 1. The van der Waals surface area contributed by atoms with Crippen LogP contribution < -0.4 is 10.1 Å². The molecule has 40 heavy (non-hydrogen) atoms. The fourth-order valence-electron chi connectivity index (χ4n) is 5.35. The number of ether oxygens (including phenoxy) is 1. The zero-order valence-corrected chi connectivity index (χ0v) is 25.8. The average molecular weight is 614 g/mol. The second kappa shape index (κ2) is 12.4. The maximum absolute atomic E-state index is 15.1. The molecule has 0 amide bonds. The summed E-state index contributed by atoms with van der Waals surface area (Å²) in [5.41, 5.74) is 4.42. The van der Waals surface area contributed by atoms with Gasteiger partial charge in [-0.05, 0) is 64.8 Å². The van der Waals surface area contributed by atoms with Crippen LogP contribution in [0.15, 0.2) is 42.9 Å². The molecule has 12 heteroatoms. The Hall–Kier alpha value is -2.72. The zero-order chi connectivity index (χ0) is 26.5. The van der Waals surface area contributed by atoms with Crippen molar-refractivity contribution in [1.29, 1.82) is 0 Å². The predicted molar refractivity (Wildman–Crippen MR) is 162 cm³/mol. The standard InChI is InChI=1S/C28H33FN6O2.3ClH/c1-7-17-10-19(15-35-14-16(2)31-26(17)35)18-11-21(36)24(30-13-18)20-8-9-23(33-32-20)37-22-12-27(3,4)34-28(5,6)25(22)29;;;/h8-11,13-15,22,25,34,36H,7,12H2,1-6H3;3*1H/t22-,25-;;;/m0.../s1. The van der Waals surface area contributed by atoms with Gasteiger partial charge in [0.05, 0.1) is 5.69 Å². The third-order valence-electron chi connectivity index (χ3n) is 6.87. The van der Waals surface area contributed by atoms with E-state index in [1.54, 1.807) is 24.4 Å². The van der Waals surface area contributed by atoms with Gasteiger partial charge in [-0.3, -0.25) is 0 Å². The van der Waals surface area contributed by atoms with Crippen LogP contribution in [0.5, 0.6) is 11.6 Å². The molecule has 0 bridgehead atoms. The quantitative estimate of drug-likeness (QED) is 0.271. The number of rotatable bonds is 5. The summed E-state index contributed by atoms with van der Waals surface area (Å²) < 4.78 is 23.0. The van der Waals surface area contributed by atoms with Crippen LogP contribution in [0.3, 0.4) is 0 Å². The molecule has 1 aliphatic rings. The highest BCUT2D eigenvalue weighted by Crippen LogP contribution is 2.34.